The molecule has 0 unspecified atom stereocenters. The van der Waals surface area contributed by atoms with Crippen LogP contribution in [0.2, 0.25) is 5.02 Å². The number of pyridine rings is 1. The molecule has 0 radical (unpaired) electrons. The van der Waals surface area contributed by atoms with Crippen molar-refractivity contribution in [2.75, 3.05) is 24.6 Å². The second kappa shape index (κ2) is 12.1. The number of nitrogens with two attached hydrogens (primary N) is 2. The Bertz CT molecular complexity index is 1840. The molecule has 0 spiro atoms. The fourth-order valence-corrected chi connectivity index (χ4v) is 5.43. The predicted molar refractivity (Wildman–Crippen MR) is 170 cm³/mol. The van der Waals surface area contributed by atoms with Gasteiger partial charge in [0.2, 0.25) is 0 Å². The van der Waals surface area contributed by atoms with E-state index >= 15 is 0 Å². The molecule has 11 heteroatoms. The maximum atomic E-state index is 13.3. The first-order chi connectivity index (χ1) is 21.2. The monoisotopic (exact) mass is 607 g/mol. The Labute approximate surface area is 259 Å². The van der Waals surface area contributed by atoms with Crippen LogP contribution in [0.15, 0.2) is 91.4 Å². The first kappa shape index (κ1) is 28.8. The van der Waals surface area contributed by atoms with Gasteiger partial charge >= 0.3 is 0 Å². The number of aromatic nitrogens is 3. The van der Waals surface area contributed by atoms with Gasteiger partial charge in [-0.2, -0.15) is 5.10 Å². The minimum Gasteiger partial charge on any atom is -0.457 e. The number of carbonyl (C=O) groups excluding carboxylic acids is 2. The molecule has 5 N–H and O–H groups in total. The van der Waals surface area contributed by atoms with Crippen molar-refractivity contribution < 1.29 is 14.3 Å². The summed E-state index contributed by atoms with van der Waals surface area (Å²) in [6.45, 7) is 0.916. The zero-order valence-corrected chi connectivity index (χ0v) is 24.7. The van der Waals surface area contributed by atoms with Crippen molar-refractivity contribution in [3.8, 4) is 33.8 Å². The number of likely N-dealkylation sites (tertiary alicyclic amines) is 1. The zero-order valence-electron chi connectivity index (χ0n) is 23.9. The van der Waals surface area contributed by atoms with Gasteiger partial charge < -0.3 is 26.4 Å². The van der Waals surface area contributed by atoms with E-state index < -0.39 is 0 Å². The summed E-state index contributed by atoms with van der Waals surface area (Å²) in [4.78, 5) is 32.3. The van der Waals surface area contributed by atoms with Crippen LogP contribution >= 0.6 is 11.6 Å². The topological polar surface area (TPSA) is 141 Å². The van der Waals surface area contributed by atoms with Crippen LogP contribution < -0.4 is 21.5 Å². The average molecular weight is 608 g/mol. The lowest BCUT2D eigenvalue weighted by atomic mass is 10.0. The molecule has 1 fully saturated rings. The number of benzene rings is 3. The fraction of sp³-hybridized carbons (Fsp3) is 0.152. The van der Waals surface area contributed by atoms with Crippen molar-refractivity contribution in [3.05, 3.63) is 108 Å². The van der Waals surface area contributed by atoms with Crippen LogP contribution in [0, 0.1) is 0 Å². The van der Waals surface area contributed by atoms with E-state index in [1.54, 1.807) is 70.5 Å². The first-order valence-corrected chi connectivity index (χ1v) is 14.4. The predicted octanol–water partition coefficient (Wildman–Crippen LogP) is 5.40. The molecule has 0 aliphatic carbocycles. The van der Waals surface area contributed by atoms with Crippen molar-refractivity contribution in [1.29, 1.82) is 0 Å². The van der Waals surface area contributed by atoms with Crippen molar-refractivity contribution >= 4 is 34.9 Å². The Kier molecular flexibility index (Phi) is 7.91. The van der Waals surface area contributed by atoms with Crippen LogP contribution in [0.1, 0.15) is 27.1 Å². The number of hydrogen-bond donors (Lipinski definition) is 3. The average Bonchev–Trinajstić information content (AvgIpc) is 3.67. The lowest BCUT2D eigenvalue weighted by Crippen LogP contribution is -2.38. The number of nitrogens with zero attached hydrogens (tertiary/aromatic N) is 4. The minimum absolute atomic E-state index is 0.105. The van der Waals surface area contributed by atoms with Gasteiger partial charge in [0.25, 0.3) is 11.8 Å². The molecule has 3 heterocycles. The molecule has 2 aromatic heterocycles. The summed E-state index contributed by atoms with van der Waals surface area (Å²) in [6, 6.07) is 21.4. The molecule has 1 aliphatic rings. The van der Waals surface area contributed by atoms with Crippen LogP contribution in [0.25, 0.3) is 22.3 Å². The fourth-order valence-electron chi connectivity index (χ4n) is 5.15. The van der Waals surface area contributed by atoms with Gasteiger partial charge in [0.15, 0.2) is 0 Å². The number of rotatable bonds is 7. The standard InChI is InChI=1S/C33H30ClN7O3/c1-40-18-23(17-38-40)22-14-29(31(36)37-16-22)32(42)39-25-12-13-41(19-25)33(43)21-4-2-20(3-5-21)28-11-10-27(15-30(28)34)44-26-8-6-24(35)7-9-26/h2-11,14-18,25H,12-13,19,35H2,1H3,(H2,36,37)(H,39,42)/t25-/m1/s1. The molecule has 6 rings (SSSR count). The van der Waals surface area contributed by atoms with Gasteiger partial charge in [-0.15, -0.1) is 0 Å². The van der Waals surface area contributed by atoms with Crippen LogP contribution in [-0.2, 0) is 7.05 Å². The van der Waals surface area contributed by atoms with Gasteiger partial charge in [-0.25, -0.2) is 4.98 Å². The largest absolute Gasteiger partial charge is 0.457 e. The third-order valence-corrected chi connectivity index (χ3v) is 7.82. The van der Waals surface area contributed by atoms with E-state index in [4.69, 9.17) is 27.8 Å². The molecule has 44 heavy (non-hydrogen) atoms. The Morgan fingerprint density at radius 2 is 1.68 bits per heavy atom. The van der Waals surface area contributed by atoms with Crippen molar-refractivity contribution in [2.24, 2.45) is 7.05 Å². The highest BCUT2D eigenvalue weighted by Crippen LogP contribution is 2.33. The van der Waals surface area contributed by atoms with Gasteiger partial charge in [0.1, 0.15) is 17.3 Å². The molecule has 1 saturated heterocycles. The number of aryl methyl sites for hydroxylation is 1. The molecule has 5 aromatic rings. The van der Waals surface area contributed by atoms with Crippen LogP contribution in [-0.4, -0.2) is 50.6 Å². The van der Waals surface area contributed by atoms with E-state index in [1.807, 2.05) is 37.5 Å². The van der Waals surface area contributed by atoms with Crippen molar-refractivity contribution in [1.82, 2.24) is 25.0 Å². The van der Waals surface area contributed by atoms with Crippen LogP contribution in [0.4, 0.5) is 11.5 Å². The number of carbonyl (C=O) groups is 2. The Balaban J connectivity index is 1.07. The van der Waals surface area contributed by atoms with E-state index in [0.29, 0.717) is 47.3 Å². The third kappa shape index (κ3) is 6.20. The molecule has 0 bridgehead atoms. The number of halogens is 1. The SMILES string of the molecule is Cn1cc(-c2cnc(N)c(C(=O)N[C@@H]3CCN(C(=O)c4ccc(-c5ccc(Oc6ccc(N)cc6)cc5Cl)cc4)C3)c2)cn1. The van der Waals surface area contributed by atoms with E-state index in [0.717, 1.165) is 22.3 Å². The normalized spacial score (nSPS) is 14.4. The molecule has 222 valence electrons. The van der Waals surface area contributed by atoms with Crippen molar-refractivity contribution in [2.45, 2.75) is 12.5 Å². The maximum absolute atomic E-state index is 13.3. The number of amides is 2. The van der Waals surface area contributed by atoms with E-state index in [1.165, 1.54) is 0 Å². The van der Waals surface area contributed by atoms with E-state index in [9.17, 15) is 9.59 Å². The lowest BCUT2D eigenvalue weighted by molar-refractivity contribution is 0.0783. The number of nitrogens with one attached hydrogen (secondary N) is 1. The minimum atomic E-state index is -0.328. The second-order valence-electron chi connectivity index (χ2n) is 10.7. The third-order valence-electron chi connectivity index (χ3n) is 7.51. The number of nitrogen functional groups attached to an aromatic ring is 2. The number of anilines is 2. The quantitative estimate of drug-likeness (QED) is 0.210. The van der Waals surface area contributed by atoms with Crippen molar-refractivity contribution in [3.63, 3.8) is 0 Å². The Morgan fingerprint density at radius 3 is 2.39 bits per heavy atom. The molecule has 2 amide bonds. The molecule has 1 atom stereocenters. The molecular formula is C33H30ClN7O3. The van der Waals surface area contributed by atoms with Crippen LogP contribution in [0.3, 0.4) is 0 Å². The molecular weight excluding hydrogens is 578 g/mol. The van der Waals surface area contributed by atoms with Gasteiger partial charge in [0.05, 0.1) is 16.8 Å². The lowest BCUT2D eigenvalue weighted by Gasteiger charge is -2.18. The highest BCUT2D eigenvalue weighted by atomic mass is 35.5. The summed E-state index contributed by atoms with van der Waals surface area (Å²) >= 11 is 6.59. The first-order valence-electron chi connectivity index (χ1n) is 14.0. The molecule has 10 nitrogen and oxygen atoms in total. The summed E-state index contributed by atoms with van der Waals surface area (Å²) in [6.07, 6.45) is 5.79. The molecule has 0 saturated carbocycles. The van der Waals surface area contributed by atoms with E-state index in [-0.39, 0.29) is 29.2 Å². The van der Waals surface area contributed by atoms with Crippen LogP contribution in [0.5, 0.6) is 11.5 Å². The molecule has 3 aromatic carbocycles. The van der Waals surface area contributed by atoms with E-state index in [2.05, 4.69) is 15.4 Å². The summed E-state index contributed by atoms with van der Waals surface area (Å²) in [5.74, 6) is 0.972. The van der Waals surface area contributed by atoms with Gasteiger partial charge in [-0.05, 0) is 66.6 Å². The van der Waals surface area contributed by atoms with Gasteiger partial charge in [-0.1, -0.05) is 23.7 Å². The molecule has 1 aliphatic heterocycles. The Hall–Kier alpha value is -5.35. The summed E-state index contributed by atoms with van der Waals surface area (Å²) in [5, 5.41) is 7.71. The highest BCUT2D eigenvalue weighted by molar-refractivity contribution is 6.33. The Morgan fingerprint density at radius 1 is 0.932 bits per heavy atom. The summed E-state index contributed by atoms with van der Waals surface area (Å²) in [7, 11) is 1.82. The van der Waals surface area contributed by atoms with Gasteiger partial charge in [-0.3, -0.25) is 14.3 Å². The zero-order chi connectivity index (χ0) is 30.8. The second-order valence-corrected chi connectivity index (χ2v) is 11.1. The summed E-state index contributed by atoms with van der Waals surface area (Å²) < 4.78 is 7.55. The summed E-state index contributed by atoms with van der Waals surface area (Å²) in [5.41, 5.74) is 16.5. The van der Waals surface area contributed by atoms with Gasteiger partial charge in [0, 0.05) is 72.6 Å². The maximum Gasteiger partial charge on any atom is 0.255 e. The number of hydrogen-bond acceptors (Lipinski definition) is 7. The number of ether oxygens (including phenoxy) is 1. The smallest absolute Gasteiger partial charge is 0.255 e. The highest BCUT2D eigenvalue weighted by Gasteiger charge is 2.29.